The number of nitrogens with one attached hydrogen (secondary N) is 1. The predicted octanol–water partition coefficient (Wildman–Crippen LogP) is 7.55. The number of hydrogen-bond acceptors (Lipinski definition) is 6. The van der Waals surface area contributed by atoms with Gasteiger partial charge in [0.1, 0.15) is 0 Å². The molecule has 0 heterocycles. The first-order valence-electron chi connectivity index (χ1n) is 16.2. The van der Waals surface area contributed by atoms with Gasteiger partial charge in [-0.25, -0.2) is 4.57 Å². The Hall–Kier alpha value is -0.500. The van der Waals surface area contributed by atoms with Crippen molar-refractivity contribution < 1.29 is 28.4 Å². The van der Waals surface area contributed by atoms with Crippen molar-refractivity contribution in [3.63, 3.8) is 0 Å². The zero-order valence-electron chi connectivity index (χ0n) is 25.4. The van der Waals surface area contributed by atoms with E-state index >= 15 is 0 Å². The van der Waals surface area contributed by atoms with E-state index in [1.54, 1.807) is 0 Å². The van der Waals surface area contributed by atoms with Crippen LogP contribution in [0.1, 0.15) is 155 Å². The van der Waals surface area contributed by atoms with Crippen molar-refractivity contribution in [2.45, 2.75) is 167 Å². The van der Waals surface area contributed by atoms with Crippen LogP contribution < -0.4 is 11.1 Å². The molecular formula is C30H63N2O6P. The monoisotopic (exact) mass is 578 g/mol. The van der Waals surface area contributed by atoms with Crippen molar-refractivity contribution in [1.29, 1.82) is 0 Å². The zero-order chi connectivity index (χ0) is 29.0. The van der Waals surface area contributed by atoms with E-state index in [1.807, 2.05) is 0 Å². The molecule has 0 aromatic carbocycles. The summed E-state index contributed by atoms with van der Waals surface area (Å²) in [7, 11) is -4.29. The number of amides is 1. The quantitative estimate of drug-likeness (QED) is 0.0511. The number of aliphatic hydroxyl groups excluding tert-OH is 1. The van der Waals surface area contributed by atoms with Crippen molar-refractivity contribution in [3.05, 3.63) is 0 Å². The third-order valence-corrected chi connectivity index (χ3v) is 8.20. The highest BCUT2D eigenvalue weighted by molar-refractivity contribution is 7.47. The molecule has 0 aliphatic carbocycles. The summed E-state index contributed by atoms with van der Waals surface area (Å²) in [5.74, 6) is -0.165. The third-order valence-electron chi connectivity index (χ3n) is 7.21. The molecule has 0 spiro atoms. The summed E-state index contributed by atoms with van der Waals surface area (Å²) in [5.41, 5.74) is 5.33. The molecule has 8 nitrogen and oxygen atoms in total. The van der Waals surface area contributed by atoms with Crippen molar-refractivity contribution >= 4 is 13.7 Å². The van der Waals surface area contributed by atoms with Gasteiger partial charge in [-0.15, -0.1) is 0 Å². The standard InChI is InChI=1S/C30H63N2O6P/c1-3-5-7-9-11-13-14-16-18-20-22-24-30(34)32-28(27-38-39(35,36)37-26-25-31)29(33)23-21-19-17-15-12-10-8-6-4-2/h28-29,33H,3-27,31H2,1-2H3,(H,32,34)(H,35,36)/t28-,29+/m0/s1. The molecule has 0 radical (unpaired) electrons. The number of rotatable bonds is 30. The molecule has 0 saturated heterocycles. The molecule has 0 aromatic rings. The maximum atomic E-state index is 12.6. The lowest BCUT2D eigenvalue weighted by atomic mass is 10.0. The number of aliphatic hydroxyl groups is 1. The molecule has 234 valence electrons. The lowest BCUT2D eigenvalue weighted by Gasteiger charge is -2.25. The molecule has 0 aliphatic rings. The summed E-state index contributed by atoms with van der Waals surface area (Å²) in [6.45, 7) is 4.15. The minimum atomic E-state index is -4.29. The number of phosphoric ester groups is 1. The summed E-state index contributed by atoms with van der Waals surface area (Å²) >= 11 is 0. The van der Waals surface area contributed by atoms with Crippen LogP contribution >= 0.6 is 7.82 Å². The highest BCUT2D eigenvalue weighted by atomic mass is 31.2. The number of phosphoric acid groups is 1. The largest absolute Gasteiger partial charge is 0.472 e. The van der Waals surface area contributed by atoms with Crippen molar-refractivity contribution in [2.24, 2.45) is 5.73 Å². The third kappa shape index (κ3) is 26.2. The lowest BCUT2D eigenvalue weighted by molar-refractivity contribution is -0.123. The van der Waals surface area contributed by atoms with Crippen LogP contribution in [0.25, 0.3) is 0 Å². The van der Waals surface area contributed by atoms with Gasteiger partial charge in [-0.1, -0.05) is 136 Å². The minimum Gasteiger partial charge on any atom is -0.391 e. The SMILES string of the molecule is CCCCCCCCCCCCCC(=O)N[C@@H](COP(=O)(O)OCCN)[C@H](O)CCCCCCCCCCC. The van der Waals surface area contributed by atoms with E-state index in [4.69, 9.17) is 14.8 Å². The molecule has 0 aliphatic heterocycles. The number of carbonyl (C=O) groups is 1. The van der Waals surface area contributed by atoms with Crippen LogP contribution in [0.15, 0.2) is 0 Å². The fourth-order valence-electron chi connectivity index (χ4n) is 4.72. The second-order valence-electron chi connectivity index (χ2n) is 11.0. The van der Waals surface area contributed by atoms with Crippen LogP contribution in [0.4, 0.5) is 0 Å². The van der Waals surface area contributed by atoms with Crippen LogP contribution in [-0.2, 0) is 18.4 Å². The topological polar surface area (TPSA) is 131 Å². The van der Waals surface area contributed by atoms with E-state index in [-0.39, 0.29) is 25.7 Å². The molecule has 0 bridgehead atoms. The van der Waals surface area contributed by atoms with Gasteiger partial charge in [-0.3, -0.25) is 13.8 Å². The second-order valence-corrected chi connectivity index (χ2v) is 12.5. The van der Waals surface area contributed by atoms with Crippen molar-refractivity contribution in [1.82, 2.24) is 5.32 Å². The molecule has 0 saturated carbocycles. The van der Waals surface area contributed by atoms with E-state index in [2.05, 4.69) is 19.2 Å². The van der Waals surface area contributed by atoms with Gasteiger partial charge in [0.25, 0.3) is 0 Å². The van der Waals surface area contributed by atoms with Gasteiger partial charge in [-0.05, 0) is 12.8 Å². The Morgan fingerprint density at radius 2 is 1.18 bits per heavy atom. The Morgan fingerprint density at radius 3 is 1.64 bits per heavy atom. The van der Waals surface area contributed by atoms with Gasteiger partial charge < -0.3 is 21.1 Å². The zero-order valence-corrected chi connectivity index (χ0v) is 26.3. The fourth-order valence-corrected chi connectivity index (χ4v) is 5.48. The Bertz CT molecular complexity index is 596. The van der Waals surface area contributed by atoms with Gasteiger partial charge in [0.05, 0.1) is 25.4 Å². The van der Waals surface area contributed by atoms with E-state index in [0.717, 1.165) is 38.5 Å². The fraction of sp³-hybridized carbons (Fsp3) is 0.967. The van der Waals surface area contributed by atoms with Gasteiger partial charge in [0, 0.05) is 13.0 Å². The normalized spacial score (nSPS) is 14.7. The van der Waals surface area contributed by atoms with Crippen LogP contribution in [0.3, 0.4) is 0 Å². The van der Waals surface area contributed by atoms with Crippen LogP contribution in [0, 0.1) is 0 Å². The maximum Gasteiger partial charge on any atom is 0.472 e. The summed E-state index contributed by atoms with van der Waals surface area (Å²) in [6.07, 6.45) is 23.9. The maximum absolute atomic E-state index is 12.6. The summed E-state index contributed by atoms with van der Waals surface area (Å²) in [6, 6.07) is -0.763. The molecule has 0 fully saturated rings. The first kappa shape index (κ1) is 38.5. The number of unbranched alkanes of at least 4 members (excludes halogenated alkanes) is 18. The van der Waals surface area contributed by atoms with E-state index in [9.17, 15) is 19.4 Å². The van der Waals surface area contributed by atoms with Crippen LogP contribution in [-0.4, -0.2) is 47.8 Å². The van der Waals surface area contributed by atoms with Crippen molar-refractivity contribution in [3.8, 4) is 0 Å². The number of nitrogens with two attached hydrogens (primary N) is 1. The average molecular weight is 579 g/mol. The Labute approximate surface area is 240 Å². The Balaban J connectivity index is 4.33. The molecule has 3 atom stereocenters. The first-order chi connectivity index (χ1) is 18.9. The highest BCUT2D eigenvalue weighted by Gasteiger charge is 2.27. The van der Waals surface area contributed by atoms with E-state index < -0.39 is 20.0 Å². The van der Waals surface area contributed by atoms with Crippen LogP contribution in [0.5, 0.6) is 0 Å². The Morgan fingerprint density at radius 1 is 0.744 bits per heavy atom. The summed E-state index contributed by atoms with van der Waals surface area (Å²) in [4.78, 5) is 22.4. The molecule has 1 amide bonds. The molecule has 39 heavy (non-hydrogen) atoms. The Kier molecular flexibility index (Phi) is 27.3. The lowest BCUT2D eigenvalue weighted by Crippen LogP contribution is -2.46. The first-order valence-corrected chi connectivity index (χ1v) is 17.6. The van der Waals surface area contributed by atoms with Gasteiger partial charge in [-0.2, -0.15) is 0 Å². The summed E-state index contributed by atoms with van der Waals surface area (Å²) in [5, 5.41) is 13.6. The van der Waals surface area contributed by atoms with Gasteiger partial charge in [0.15, 0.2) is 0 Å². The van der Waals surface area contributed by atoms with Gasteiger partial charge in [0.2, 0.25) is 5.91 Å². The van der Waals surface area contributed by atoms with Crippen LogP contribution in [0.2, 0.25) is 0 Å². The van der Waals surface area contributed by atoms with Crippen molar-refractivity contribution in [2.75, 3.05) is 19.8 Å². The van der Waals surface area contributed by atoms with E-state index in [1.165, 1.54) is 89.9 Å². The summed E-state index contributed by atoms with van der Waals surface area (Å²) < 4.78 is 21.9. The molecular weight excluding hydrogens is 515 g/mol. The molecule has 5 N–H and O–H groups in total. The highest BCUT2D eigenvalue weighted by Crippen LogP contribution is 2.43. The average Bonchev–Trinajstić information content (AvgIpc) is 2.91. The number of hydrogen-bond donors (Lipinski definition) is 4. The second kappa shape index (κ2) is 27.7. The van der Waals surface area contributed by atoms with Gasteiger partial charge >= 0.3 is 7.82 Å². The van der Waals surface area contributed by atoms with E-state index in [0.29, 0.717) is 12.8 Å². The smallest absolute Gasteiger partial charge is 0.391 e. The number of carbonyl (C=O) groups excluding carboxylic acids is 1. The molecule has 1 unspecified atom stereocenters. The minimum absolute atomic E-state index is 0.0915. The molecule has 9 heteroatoms. The molecule has 0 rings (SSSR count). The molecule has 0 aromatic heterocycles. The predicted molar refractivity (Wildman–Crippen MR) is 162 cm³/mol.